The summed E-state index contributed by atoms with van der Waals surface area (Å²) < 4.78 is 1.13. The Kier molecular flexibility index (Phi) is 4.09. The van der Waals surface area contributed by atoms with E-state index in [1.54, 1.807) is 11.3 Å². The maximum atomic E-state index is 11.9. The molecule has 0 saturated carbocycles. The van der Waals surface area contributed by atoms with Crippen molar-refractivity contribution in [2.75, 3.05) is 0 Å². The van der Waals surface area contributed by atoms with Gasteiger partial charge >= 0.3 is 0 Å². The summed E-state index contributed by atoms with van der Waals surface area (Å²) in [7, 11) is 0. The summed E-state index contributed by atoms with van der Waals surface area (Å²) in [4.78, 5) is 16.4. The van der Waals surface area contributed by atoms with Gasteiger partial charge in [0, 0.05) is 12.5 Å². The molecular weight excluding hydrogens is 244 g/mol. The van der Waals surface area contributed by atoms with Crippen LogP contribution in [0.5, 0.6) is 0 Å². The second-order valence-corrected chi connectivity index (χ2v) is 6.02. The summed E-state index contributed by atoms with van der Waals surface area (Å²) in [6.07, 6.45) is 0.841. The van der Waals surface area contributed by atoms with Crippen LogP contribution in [0.15, 0.2) is 24.3 Å². The first-order chi connectivity index (χ1) is 8.56. The first kappa shape index (κ1) is 13.2. The molecule has 0 aliphatic carbocycles. The lowest BCUT2D eigenvalue weighted by atomic mass is 9.99. The number of aromatic nitrogens is 1. The molecule has 4 heteroatoms. The number of nitrogens with zero attached hydrogens (tertiary/aromatic N) is 1. The number of carbonyl (C=O) groups excluding carboxylic acids is 1. The number of ketones is 1. The van der Waals surface area contributed by atoms with Gasteiger partial charge in [-0.2, -0.15) is 0 Å². The Labute approximate surface area is 111 Å². The van der Waals surface area contributed by atoms with Gasteiger partial charge in [-0.3, -0.25) is 4.79 Å². The fourth-order valence-electron chi connectivity index (χ4n) is 1.73. The van der Waals surface area contributed by atoms with Crippen molar-refractivity contribution < 1.29 is 4.79 Å². The van der Waals surface area contributed by atoms with E-state index in [4.69, 9.17) is 5.73 Å². The number of carbonyl (C=O) groups is 1. The lowest BCUT2D eigenvalue weighted by molar-refractivity contribution is -0.118. The van der Waals surface area contributed by atoms with Crippen molar-refractivity contribution in [3.63, 3.8) is 0 Å². The van der Waals surface area contributed by atoms with Crippen molar-refractivity contribution in [1.29, 1.82) is 0 Å². The fourth-order valence-corrected chi connectivity index (χ4v) is 2.73. The summed E-state index contributed by atoms with van der Waals surface area (Å²) in [6, 6.07) is 7.90. The second kappa shape index (κ2) is 5.59. The van der Waals surface area contributed by atoms with Crippen molar-refractivity contribution in [3.8, 4) is 0 Å². The Morgan fingerprint density at radius 3 is 2.78 bits per heavy atom. The van der Waals surface area contributed by atoms with E-state index in [-0.39, 0.29) is 11.8 Å². The molecule has 0 bridgehead atoms. The van der Waals surface area contributed by atoms with E-state index in [2.05, 4.69) is 4.98 Å². The molecule has 2 aromatic rings. The van der Waals surface area contributed by atoms with Gasteiger partial charge in [0.25, 0.3) is 0 Å². The van der Waals surface area contributed by atoms with Gasteiger partial charge in [0.05, 0.1) is 16.6 Å². The number of benzene rings is 1. The molecule has 0 aliphatic heterocycles. The van der Waals surface area contributed by atoms with Crippen LogP contribution in [0.2, 0.25) is 0 Å². The van der Waals surface area contributed by atoms with Gasteiger partial charge < -0.3 is 5.73 Å². The lowest BCUT2D eigenvalue weighted by Gasteiger charge is -2.13. The third kappa shape index (κ3) is 3.15. The molecule has 0 aliphatic rings. The number of nitrogens with two attached hydrogens (primary N) is 1. The second-order valence-electron chi connectivity index (χ2n) is 4.90. The molecule has 96 valence electrons. The van der Waals surface area contributed by atoms with E-state index in [9.17, 15) is 4.79 Å². The van der Waals surface area contributed by atoms with Crippen molar-refractivity contribution in [2.24, 2.45) is 11.7 Å². The molecule has 2 N–H and O–H groups in total. The number of Topliss-reactive ketones (excluding diaryl/α,β-unsaturated/α-hetero) is 1. The van der Waals surface area contributed by atoms with Gasteiger partial charge in [-0.1, -0.05) is 26.0 Å². The van der Waals surface area contributed by atoms with E-state index in [1.165, 1.54) is 0 Å². The minimum atomic E-state index is -0.0492. The molecule has 0 fully saturated rings. The average Bonchev–Trinajstić information content (AvgIpc) is 2.70. The minimum absolute atomic E-state index is 0.0492. The maximum Gasteiger partial charge on any atom is 0.141 e. The lowest BCUT2D eigenvalue weighted by Crippen LogP contribution is -2.29. The molecule has 1 atom stereocenters. The fraction of sp³-hybridized carbons (Fsp3) is 0.429. The number of hydrogen-bond acceptors (Lipinski definition) is 4. The Bertz CT molecular complexity index is 514. The first-order valence-electron chi connectivity index (χ1n) is 6.18. The summed E-state index contributed by atoms with van der Waals surface area (Å²) in [5, 5.41) is 0.886. The zero-order valence-electron chi connectivity index (χ0n) is 10.7. The molecular formula is C14H18N2OS. The van der Waals surface area contributed by atoms with E-state index < -0.39 is 0 Å². The van der Waals surface area contributed by atoms with Crippen LogP contribution in [0.3, 0.4) is 0 Å². The smallest absolute Gasteiger partial charge is 0.141 e. The zero-order chi connectivity index (χ0) is 13.1. The van der Waals surface area contributed by atoms with Crippen LogP contribution in [0.1, 0.15) is 25.3 Å². The third-order valence-electron chi connectivity index (χ3n) is 3.01. The zero-order valence-corrected chi connectivity index (χ0v) is 11.5. The number of thiazole rings is 1. The van der Waals surface area contributed by atoms with E-state index >= 15 is 0 Å². The Morgan fingerprint density at radius 2 is 2.11 bits per heavy atom. The third-order valence-corrected chi connectivity index (χ3v) is 4.04. The number of rotatable bonds is 5. The monoisotopic (exact) mass is 262 g/mol. The van der Waals surface area contributed by atoms with Crippen molar-refractivity contribution in [2.45, 2.75) is 32.7 Å². The standard InChI is InChI=1S/C14H18N2OS/c1-9(2)11(15)7-10(17)8-14-16-12-5-3-4-6-13(12)18-14/h3-6,9,11H,7-8,15H2,1-2H3. The molecule has 0 amide bonds. The maximum absolute atomic E-state index is 11.9. The summed E-state index contributed by atoms with van der Waals surface area (Å²) >= 11 is 1.59. The van der Waals surface area contributed by atoms with Gasteiger partial charge in [0.1, 0.15) is 10.8 Å². The highest BCUT2D eigenvalue weighted by molar-refractivity contribution is 7.18. The first-order valence-corrected chi connectivity index (χ1v) is 6.99. The molecule has 1 aromatic carbocycles. The number of hydrogen-bond donors (Lipinski definition) is 1. The van der Waals surface area contributed by atoms with Crippen LogP contribution in [0.25, 0.3) is 10.2 Å². The van der Waals surface area contributed by atoms with Gasteiger partial charge in [-0.15, -0.1) is 11.3 Å². The Morgan fingerprint density at radius 1 is 1.39 bits per heavy atom. The molecule has 2 rings (SSSR count). The highest BCUT2D eigenvalue weighted by Crippen LogP contribution is 2.22. The highest BCUT2D eigenvalue weighted by atomic mass is 32.1. The topological polar surface area (TPSA) is 56.0 Å². The quantitative estimate of drug-likeness (QED) is 0.901. The average molecular weight is 262 g/mol. The van der Waals surface area contributed by atoms with Crippen molar-refractivity contribution in [3.05, 3.63) is 29.3 Å². The number of para-hydroxylation sites is 1. The van der Waals surface area contributed by atoms with Crippen molar-refractivity contribution >= 4 is 27.3 Å². The van der Waals surface area contributed by atoms with E-state index in [1.807, 2.05) is 38.1 Å². The normalized spacial score (nSPS) is 13.1. The Balaban J connectivity index is 2.03. The molecule has 0 radical (unpaired) electrons. The molecule has 1 heterocycles. The minimum Gasteiger partial charge on any atom is -0.327 e. The Hall–Kier alpha value is -1.26. The van der Waals surface area contributed by atoms with Crippen LogP contribution in [-0.2, 0) is 11.2 Å². The van der Waals surface area contributed by atoms with Gasteiger partial charge in [0.2, 0.25) is 0 Å². The summed E-state index contributed by atoms with van der Waals surface area (Å²) in [6.45, 7) is 4.07. The van der Waals surface area contributed by atoms with Crippen molar-refractivity contribution in [1.82, 2.24) is 4.98 Å². The largest absolute Gasteiger partial charge is 0.327 e. The molecule has 0 saturated heterocycles. The van der Waals surface area contributed by atoms with Crippen LogP contribution < -0.4 is 5.73 Å². The molecule has 0 spiro atoms. The van der Waals surface area contributed by atoms with Crippen LogP contribution >= 0.6 is 11.3 Å². The molecule has 1 aromatic heterocycles. The number of fused-ring (bicyclic) bond motifs is 1. The van der Waals surface area contributed by atoms with Gasteiger partial charge in [0.15, 0.2) is 0 Å². The van der Waals surface area contributed by atoms with E-state index in [0.717, 1.165) is 15.2 Å². The highest BCUT2D eigenvalue weighted by Gasteiger charge is 2.15. The van der Waals surface area contributed by atoms with Crippen LogP contribution in [-0.4, -0.2) is 16.8 Å². The predicted octanol–water partition coefficient (Wildman–Crippen LogP) is 2.78. The SMILES string of the molecule is CC(C)C(N)CC(=O)Cc1nc2ccccc2s1. The molecule has 18 heavy (non-hydrogen) atoms. The summed E-state index contributed by atoms with van der Waals surface area (Å²) in [5.41, 5.74) is 6.88. The molecule has 3 nitrogen and oxygen atoms in total. The summed E-state index contributed by atoms with van der Waals surface area (Å²) in [5.74, 6) is 0.513. The van der Waals surface area contributed by atoms with Gasteiger partial charge in [-0.05, 0) is 18.1 Å². The van der Waals surface area contributed by atoms with Gasteiger partial charge in [-0.25, -0.2) is 4.98 Å². The van der Waals surface area contributed by atoms with Crippen LogP contribution in [0, 0.1) is 5.92 Å². The van der Waals surface area contributed by atoms with Crippen LogP contribution in [0.4, 0.5) is 0 Å². The molecule has 1 unspecified atom stereocenters. The van der Waals surface area contributed by atoms with E-state index in [0.29, 0.717) is 18.8 Å². The predicted molar refractivity (Wildman–Crippen MR) is 75.8 cm³/mol.